The largest absolute Gasteiger partial charge is 0.481 e. The van der Waals surface area contributed by atoms with Crippen LogP contribution in [0.4, 0.5) is 5.69 Å². The second-order valence-electron chi connectivity index (χ2n) is 4.47. The molecule has 1 heterocycles. The molecule has 106 valence electrons. The molecule has 0 aliphatic heterocycles. The number of carbonyl (C=O) groups is 1. The van der Waals surface area contributed by atoms with Gasteiger partial charge in [-0.25, -0.2) is 9.67 Å². The summed E-state index contributed by atoms with van der Waals surface area (Å²) in [7, 11) is 5.70. The van der Waals surface area contributed by atoms with Crippen LogP contribution in [0.25, 0.3) is 11.4 Å². The van der Waals surface area contributed by atoms with Gasteiger partial charge in [-0.05, 0) is 12.1 Å². The highest BCUT2D eigenvalue weighted by molar-refractivity contribution is 7.99. The summed E-state index contributed by atoms with van der Waals surface area (Å²) in [5.41, 5.74) is 1.98. The van der Waals surface area contributed by atoms with Crippen molar-refractivity contribution in [2.45, 2.75) is 5.16 Å². The Morgan fingerprint density at radius 3 is 2.85 bits per heavy atom. The lowest BCUT2D eigenvalue weighted by molar-refractivity contribution is -0.133. The Hall–Kier alpha value is -2.02. The number of aryl methyl sites for hydroxylation is 1. The van der Waals surface area contributed by atoms with Crippen LogP contribution in [-0.4, -0.2) is 45.7 Å². The summed E-state index contributed by atoms with van der Waals surface area (Å²) in [4.78, 5) is 17.0. The van der Waals surface area contributed by atoms with Gasteiger partial charge >= 0.3 is 5.97 Å². The van der Waals surface area contributed by atoms with Gasteiger partial charge in [0.2, 0.25) is 0 Å². The normalized spacial score (nSPS) is 10.6. The van der Waals surface area contributed by atoms with Crippen molar-refractivity contribution in [3.05, 3.63) is 24.3 Å². The first-order valence-electron chi connectivity index (χ1n) is 6.01. The molecule has 0 saturated carbocycles. The molecule has 0 fully saturated rings. The lowest BCUT2D eigenvalue weighted by atomic mass is 10.2. The highest BCUT2D eigenvalue weighted by Gasteiger charge is 2.11. The first kappa shape index (κ1) is 14.4. The third-order valence-electron chi connectivity index (χ3n) is 2.67. The van der Waals surface area contributed by atoms with Crippen molar-refractivity contribution in [3.63, 3.8) is 0 Å². The van der Waals surface area contributed by atoms with Crippen LogP contribution < -0.4 is 4.90 Å². The van der Waals surface area contributed by atoms with Crippen LogP contribution in [0.15, 0.2) is 29.4 Å². The summed E-state index contributed by atoms with van der Waals surface area (Å²) in [5, 5.41) is 13.6. The molecule has 0 spiro atoms. The highest BCUT2D eigenvalue weighted by Crippen LogP contribution is 2.24. The van der Waals surface area contributed by atoms with Gasteiger partial charge in [0.25, 0.3) is 0 Å². The first-order valence-corrected chi connectivity index (χ1v) is 6.99. The number of anilines is 1. The van der Waals surface area contributed by atoms with Gasteiger partial charge in [0.15, 0.2) is 11.0 Å². The smallest absolute Gasteiger partial charge is 0.313 e. The van der Waals surface area contributed by atoms with Gasteiger partial charge in [0.1, 0.15) is 0 Å². The summed E-state index contributed by atoms with van der Waals surface area (Å²) < 4.78 is 1.60. The summed E-state index contributed by atoms with van der Waals surface area (Å²) in [6.07, 6.45) is 0. The molecule has 1 aromatic carbocycles. The SMILES string of the molecule is CN(C)c1cccc(-c2nc(SCC(=O)O)n(C)n2)c1. The van der Waals surface area contributed by atoms with Crippen molar-refractivity contribution in [2.24, 2.45) is 7.05 Å². The minimum Gasteiger partial charge on any atom is -0.481 e. The van der Waals surface area contributed by atoms with E-state index in [2.05, 4.69) is 10.1 Å². The van der Waals surface area contributed by atoms with Crippen molar-refractivity contribution >= 4 is 23.4 Å². The maximum absolute atomic E-state index is 10.6. The van der Waals surface area contributed by atoms with Crippen LogP contribution in [0.2, 0.25) is 0 Å². The molecule has 6 nitrogen and oxygen atoms in total. The minimum atomic E-state index is -0.867. The van der Waals surface area contributed by atoms with Crippen molar-refractivity contribution in [2.75, 3.05) is 24.7 Å². The lowest BCUT2D eigenvalue weighted by Crippen LogP contribution is -2.08. The second-order valence-corrected chi connectivity index (χ2v) is 5.41. The fourth-order valence-electron chi connectivity index (χ4n) is 1.67. The molecule has 0 amide bonds. The predicted molar refractivity (Wildman–Crippen MR) is 79.1 cm³/mol. The van der Waals surface area contributed by atoms with Gasteiger partial charge in [-0.15, -0.1) is 0 Å². The predicted octanol–water partition coefficient (Wildman–Crippen LogP) is 1.72. The Kier molecular flexibility index (Phi) is 4.29. The molecule has 7 heteroatoms. The number of nitrogens with zero attached hydrogens (tertiary/aromatic N) is 4. The Bertz CT molecular complexity index is 625. The molecule has 20 heavy (non-hydrogen) atoms. The number of hydrogen-bond donors (Lipinski definition) is 1. The Morgan fingerprint density at radius 1 is 1.45 bits per heavy atom. The summed E-state index contributed by atoms with van der Waals surface area (Å²) in [6.45, 7) is 0. The number of aromatic nitrogens is 3. The van der Waals surface area contributed by atoms with Crippen molar-refractivity contribution in [3.8, 4) is 11.4 Å². The molecule has 1 N–H and O–H groups in total. The number of thioether (sulfide) groups is 1. The molecule has 0 bridgehead atoms. The molecule has 0 radical (unpaired) electrons. The quantitative estimate of drug-likeness (QED) is 0.846. The third kappa shape index (κ3) is 3.30. The standard InChI is InChI=1S/C13H16N4O2S/c1-16(2)10-6-4-5-9(7-10)12-14-13(17(3)15-12)20-8-11(18)19/h4-7H,8H2,1-3H3,(H,18,19). The van der Waals surface area contributed by atoms with Crippen LogP contribution in [0.1, 0.15) is 0 Å². The molecule has 2 rings (SSSR count). The molecule has 1 aromatic heterocycles. The molecule has 2 aromatic rings. The van der Waals surface area contributed by atoms with E-state index >= 15 is 0 Å². The summed E-state index contributed by atoms with van der Waals surface area (Å²) in [6, 6.07) is 7.90. The van der Waals surface area contributed by atoms with E-state index in [0.29, 0.717) is 11.0 Å². The summed E-state index contributed by atoms with van der Waals surface area (Å²) in [5.74, 6) is -0.290. The minimum absolute atomic E-state index is 0.0241. The summed E-state index contributed by atoms with van der Waals surface area (Å²) >= 11 is 1.16. The van der Waals surface area contributed by atoms with Crippen molar-refractivity contribution in [1.29, 1.82) is 0 Å². The Labute approximate surface area is 121 Å². The monoisotopic (exact) mass is 292 g/mol. The van der Waals surface area contributed by atoms with Crippen LogP contribution in [-0.2, 0) is 11.8 Å². The number of aliphatic carboxylic acids is 1. The Morgan fingerprint density at radius 2 is 2.20 bits per heavy atom. The number of hydrogen-bond acceptors (Lipinski definition) is 5. The molecule has 0 aliphatic rings. The van der Waals surface area contributed by atoms with Crippen LogP contribution >= 0.6 is 11.8 Å². The van der Waals surface area contributed by atoms with Gasteiger partial charge in [-0.2, -0.15) is 5.10 Å². The van der Waals surface area contributed by atoms with E-state index in [1.807, 2.05) is 43.3 Å². The van der Waals surface area contributed by atoms with Crippen LogP contribution in [0.5, 0.6) is 0 Å². The van der Waals surface area contributed by atoms with Gasteiger partial charge in [-0.1, -0.05) is 23.9 Å². The zero-order valence-electron chi connectivity index (χ0n) is 11.6. The fourth-order valence-corrected chi connectivity index (χ4v) is 2.30. The van der Waals surface area contributed by atoms with Gasteiger partial charge in [-0.3, -0.25) is 4.79 Å². The van der Waals surface area contributed by atoms with E-state index in [1.54, 1.807) is 11.7 Å². The fraction of sp³-hybridized carbons (Fsp3) is 0.308. The maximum atomic E-state index is 10.6. The third-order valence-corrected chi connectivity index (χ3v) is 3.67. The Balaban J connectivity index is 2.27. The van der Waals surface area contributed by atoms with E-state index in [-0.39, 0.29) is 5.75 Å². The second kappa shape index (κ2) is 5.96. The zero-order chi connectivity index (χ0) is 14.7. The molecular weight excluding hydrogens is 276 g/mol. The number of carboxylic acids is 1. The first-order chi connectivity index (χ1) is 9.47. The van der Waals surface area contributed by atoms with Crippen LogP contribution in [0, 0.1) is 0 Å². The molecule has 0 unspecified atom stereocenters. The van der Waals surface area contributed by atoms with Gasteiger partial charge in [0, 0.05) is 32.4 Å². The average Bonchev–Trinajstić information content (AvgIpc) is 2.78. The highest BCUT2D eigenvalue weighted by atomic mass is 32.2. The topological polar surface area (TPSA) is 71.2 Å². The number of carboxylic acid groups (broad SMARTS) is 1. The van der Waals surface area contributed by atoms with Gasteiger partial charge in [0.05, 0.1) is 5.75 Å². The van der Waals surface area contributed by atoms with E-state index in [1.165, 1.54) is 0 Å². The number of rotatable bonds is 5. The van der Waals surface area contributed by atoms with Crippen LogP contribution in [0.3, 0.4) is 0 Å². The van der Waals surface area contributed by atoms with Crippen molar-refractivity contribution in [1.82, 2.24) is 14.8 Å². The lowest BCUT2D eigenvalue weighted by Gasteiger charge is -2.12. The van der Waals surface area contributed by atoms with E-state index < -0.39 is 5.97 Å². The van der Waals surface area contributed by atoms with E-state index in [4.69, 9.17) is 5.11 Å². The number of benzene rings is 1. The molecular formula is C13H16N4O2S. The van der Waals surface area contributed by atoms with E-state index in [0.717, 1.165) is 23.0 Å². The zero-order valence-corrected chi connectivity index (χ0v) is 12.4. The van der Waals surface area contributed by atoms with E-state index in [9.17, 15) is 4.79 Å². The molecule has 0 atom stereocenters. The maximum Gasteiger partial charge on any atom is 0.313 e. The molecule has 0 saturated heterocycles. The van der Waals surface area contributed by atoms with Crippen molar-refractivity contribution < 1.29 is 9.90 Å². The average molecular weight is 292 g/mol. The molecule has 0 aliphatic carbocycles. The van der Waals surface area contributed by atoms with Gasteiger partial charge < -0.3 is 10.0 Å².